The molecule has 0 unspecified atom stereocenters. The Morgan fingerprint density at radius 3 is 2.48 bits per heavy atom. The molecule has 1 aliphatic carbocycles. The summed E-state index contributed by atoms with van der Waals surface area (Å²) in [7, 11) is 3.99. The highest BCUT2D eigenvalue weighted by Crippen LogP contribution is 2.28. The van der Waals surface area contributed by atoms with Crippen LogP contribution in [0.1, 0.15) is 57.9 Å². The maximum atomic E-state index is 12.9. The predicted molar refractivity (Wildman–Crippen MR) is 124 cm³/mol. The van der Waals surface area contributed by atoms with E-state index in [1.54, 1.807) is 0 Å². The first-order valence-corrected chi connectivity index (χ1v) is 11.6. The van der Waals surface area contributed by atoms with E-state index in [1.165, 1.54) is 0 Å². The summed E-state index contributed by atoms with van der Waals surface area (Å²) >= 11 is 0. The second kappa shape index (κ2) is 10.8. The number of carbonyl (C=O) groups is 2. The van der Waals surface area contributed by atoms with Crippen molar-refractivity contribution in [3.8, 4) is 0 Å². The maximum absolute atomic E-state index is 12.9. The fraction of sp³-hybridized carbons (Fsp3) is 0.667. The zero-order chi connectivity index (χ0) is 22.4. The topological polar surface area (TPSA) is 73.9 Å². The third kappa shape index (κ3) is 6.60. The molecule has 1 saturated heterocycles. The van der Waals surface area contributed by atoms with Gasteiger partial charge in [0.1, 0.15) is 0 Å². The molecule has 2 aliphatic rings. The first-order valence-electron chi connectivity index (χ1n) is 11.6. The molecule has 1 heterocycles. The molecule has 0 bridgehead atoms. The first-order chi connectivity index (χ1) is 14.8. The highest BCUT2D eigenvalue weighted by atomic mass is 16.5. The molecule has 3 amide bonds. The van der Waals surface area contributed by atoms with E-state index in [2.05, 4.69) is 10.6 Å². The second-order valence-corrected chi connectivity index (χ2v) is 9.33. The standard InChI is InChI=1S/C24H38N4O3/c1-17(2)25-24(30)28(16-21-10-7-13-31-21)15-19-14-20(11-12-22(19)27(3)4)26-23(29)18-8-5-6-9-18/h11-12,14,17-18,21H,5-10,13,15-16H2,1-4H3,(H,25,30)(H,26,29)/t21-/m0/s1. The SMILES string of the molecule is CC(C)NC(=O)N(Cc1cc(NC(=O)C2CCCC2)ccc1N(C)C)C[C@@H]1CCCO1. The van der Waals surface area contributed by atoms with Gasteiger partial charge >= 0.3 is 6.03 Å². The fourth-order valence-corrected chi connectivity index (χ4v) is 4.46. The van der Waals surface area contributed by atoms with E-state index in [0.29, 0.717) is 13.1 Å². The smallest absolute Gasteiger partial charge is 0.317 e. The molecule has 1 aliphatic heterocycles. The van der Waals surface area contributed by atoms with Crippen LogP contribution >= 0.6 is 0 Å². The number of carbonyl (C=O) groups excluding carboxylic acids is 2. The molecule has 2 N–H and O–H groups in total. The lowest BCUT2D eigenvalue weighted by molar-refractivity contribution is -0.119. The van der Waals surface area contributed by atoms with E-state index in [-0.39, 0.29) is 30.0 Å². The molecular formula is C24H38N4O3. The largest absolute Gasteiger partial charge is 0.377 e. The van der Waals surface area contributed by atoms with Crippen LogP contribution in [0.2, 0.25) is 0 Å². The number of hydrogen-bond acceptors (Lipinski definition) is 4. The van der Waals surface area contributed by atoms with Crippen LogP contribution < -0.4 is 15.5 Å². The Kier molecular flexibility index (Phi) is 8.18. The molecule has 2 fully saturated rings. The van der Waals surface area contributed by atoms with E-state index in [9.17, 15) is 9.59 Å². The zero-order valence-corrected chi connectivity index (χ0v) is 19.4. The van der Waals surface area contributed by atoms with Gasteiger partial charge in [-0.25, -0.2) is 4.79 Å². The van der Waals surface area contributed by atoms with Crippen LogP contribution in [0.5, 0.6) is 0 Å². The molecule has 1 aromatic rings. The van der Waals surface area contributed by atoms with Gasteiger partial charge < -0.3 is 25.2 Å². The Hall–Kier alpha value is -2.28. The number of urea groups is 1. The number of nitrogens with one attached hydrogen (secondary N) is 2. The van der Waals surface area contributed by atoms with Crippen LogP contribution in [0.25, 0.3) is 0 Å². The summed E-state index contributed by atoms with van der Waals surface area (Å²) in [6, 6.07) is 5.95. The number of anilines is 2. The molecule has 0 aromatic heterocycles. The van der Waals surface area contributed by atoms with Crippen molar-refractivity contribution in [1.29, 1.82) is 0 Å². The van der Waals surface area contributed by atoms with Gasteiger partial charge in [0.25, 0.3) is 0 Å². The summed E-state index contributed by atoms with van der Waals surface area (Å²) in [6.45, 7) is 5.71. The summed E-state index contributed by atoms with van der Waals surface area (Å²) in [5.41, 5.74) is 2.83. The number of ether oxygens (including phenoxy) is 1. The van der Waals surface area contributed by atoms with Gasteiger partial charge in [-0.15, -0.1) is 0 Å². The molecule has 1 aromatic carbocycles. The van der Waals surface area contributed by atoms with E-state index in [0.717, 1.165) is 62.1 Å². The molecule has 7 heteroatoms. The minimum atomic E-state index is -0.0874. The minimum absolute atomic E-state index is 0.0600. The van der Waals surface area contributed by atoms with Gasteiger partial charge in [-0.3, -0.25) is 4.79 Å². The van der Waals surface area contributed by atoms with Crippen LogP contribution in [-0.4, -0.2) is 56.2 Å². The zero-order valence-electron chi connectivity index (χ0n) is 19.4. The van der Waals surface area contributed by atoms with Crippen molar-refractivity contribution in [1.82, 2.24) is 10.2 Å². The van der Waals surface area contributed by atoms with Gasteiger partial charge in [0.15, 0.2) is 0 Å². The van der Waals surface area contributed by atoms with Crippen LogP contribution in [0.3, 0.4) is 0 Å². The van der Waals surface area contributed by atoms with Gasteiger partial charge in [-0.1, -0.05) is 12.8 Å². The molecule has 3 rings (SSSR count). The van der Waals surface area contributed by atoms with E-state index >= 15 is 0 Å². The Morgan fingerprint density at radius 1 is 1.13 bits per heavy atom. The van der Waals surface area contributed by atoms with Crippen molar-refractivity contribution >= 4 is 23.3 Å². The number of amides is 3. The van der Waals surface area contributed by atoms with Gasteiger partial charge in [0, 0.05) is 57.1 Å². The maximum Gasteiger partial charge on any atom is 0.317 e. The van der Waals surface area contributed by atoms with Crippen molar-refractivity contribution in [3.63, 3.8) is 0 Å². The fourth-order valence-electron chi connectivity index (χ4n) is 4.46. The average Bonchev–Trinajstić information content (AvgIpc) is 3.41. The van der Waals surface area contributed by atoms with Crippen LogP contribution in [0.4, 0.5) is 16.2 Å². The Morgan fingerprint density at radius 2 is 1.87 bits per heavy atom. The lowest BCUT2D eigenvalue weighted by Gasteiger charge is -2.29. The first kappa shape index (κ1) is 23.4. The average molecular weight is 431 g/mol. The molecular weight excluding hydrogens is 392 g/mol. The van der Waals surface area contributed by atoms with E-state index in [4.69, 9.17) is 4.74 Å². The molecule has 1 atom stereocenters. The Labute approximate surface area is 186 Å². The van der Waals surface area contributed by atoms with Gasteiger partial charge in [0.2, 0.25) is 5.91 Å². The third-order valence-corrected chi connectivity index (χ3v) is 6.06. The summed E-state index contributed by atoms with van der Waals surface area (Å²) < 4.78 is 5.80. The molecule has 1 saturated carbocycles. The normalized spacial score (nSPS) is 18.9. The van der Waals surface area contributed by atoms with E-state index < -0.39 is 0 Å². The van der Waals surface area contributed by atoms with Gasteiger partial charge in [-0.2, -0.15) is 0 Å². The molecule has 0 spiro atoms. The van der Waals surface area contributed by atoms with Crippen molar-refractivity contribution < 1.29 is 14.3 Å². The minimum Gasteiger partial charge on any atom is -0.377 e. The summed E-state index contributed by atoms with van der Waals surface area (Å²) in [5, 5.41) is 6.11. The molecule has 7 nitrogen and oxygen atoms in total. The number of hydrogen-bond donors (Lipinski definition) is 2. The van der Waals surface area contributed by atoms with Crippen molar-refractivity contribution in [2.24, 2.45) is 5.92 Å². The van der Waals surface area contributed by atoms with E-state index in [1.807, 2.05) is 55.9 Å². The van der Waals surface area contributed by atoms with Gasteiger partial charge in [0.05, 0.1) is 6.10 Å². The monoisotopic (exact) mass is 430 g/mol. The van der Waals surface area contributed by atoms with Crippen molar-refractivity contribution in [2.45, 2.75) is 71.1 Å². The number of nitrogens with zero attached hydrogens (tertiary/aromatic N) is 2. The van der Waals surface area contributed by atoms with Crippen molar-refractivity contribution in [2.75, 3.05) is 37.5 Å². The Balaban J connectivity index is 1.79. The lowest BCUT2D eigenvalue weighted by Crippen LogP contribution is -2.45. The number of rotatable bonds is 8. The predicted octanol–water partition coefficient (Wildman–Crippen LogP) is 3.98. The molecule has 31 heavy (non-hydrogen) atoms. The third-order valence-electron chi connectivity index (χ3n) is 6.06. The summed E-state index contributed by atoms with van der Waals surface area (Å²) in [5.74, 6) is 0.222. The molecule has 172 valence electrons. The van der Waals surface area contributed by atoms with Crippen LogP contribution in [-0.2, 0) is 16.1 Å². The lowest BCUT2D eigenvalue weighted by atomic mass is 10.1. The second-order valence-electron chi connectivity index (χ2n) is 9.33. The number of benzene rings is 1. The Bertz CT molecular complexity index is 753. The molecule has 0 radical (unpaired) electrons. The highest BCUT2D eigenvalue weighted by molar-refractivity contribution is 5.93. The van der Waals surface area contributed by atoms with Crippen LogP contribution in [0, 0.1) is 5.92 Å². The quantitative estimate of drug-likeness (QED) is 0.654. The van der Waals surface area contributed by atoms with Gasteiger partial charge in [-0.05, 0) is 63.3 Å². The van der Waals surface area contributed by atoms with Crippen LogP contribution in [0.15, 0.2) is 18.2 Å². The summed E-state index contributed by atoms with van der Waals surface area (Å²) in [6.07, 6.45) is 6.29. The highest BCUT2D eigenvalue weighted by Gasteiger charge is 2.25. The summed E-state index contributed by atoms with van der Waals surface area (Å²) in [4.78, 5) is 29.4. The van der Waals surface area contributed by atoms with Crippen molar-refractivity contribution in [3.05, 3.63) is 23.8 Å².